The minimum Gasteiger partial charge on any atom is -0.396 e. The van der Waals surface area contributed by atoms with E-state index in [1.165, 1.54) is 25.7 Å². The maximum Gasteiger partial charge on any atom is 0.0778 e. The number of nitrogens with zero attached hydrogens (tertiary/aromatic N) is 2. The maximum absolute atomic E-state index is 6.13. The Hall–Kier alpha value is -0.770. The molecule has 100 valence electrons. The van der Waals surface area contributed by atoms with Crippen molar-refractivity contribution in [2.75, 3.05) is 17.2 Å². The first-order chi connectivity index (χ1) is 8.59. The van der Waals surface area contributed by atoms with Crippen LogP contribution in [0.1, 0.15) is 39.5 Å². The molecule has 1 saturated carbocycles. The average molecular weight is 312 g/mol. The van der Waals surface area contributed by atoms with Gasteiger partial charge in [-0.05, 0) is 34.7 Å². The minimum atomic E-state index is 0.630. The predicted molar refractivity (Wildman–Crippen MR) is 80.8 cm³/mol. The molecule has 0 bridgehead atoms. The number of rotatable bonds is 4. The Morgan fingerprint density at radius 1 is 1.39 bits per heavy atom. The van der Waals surface area contributed by atoms with Crippen LogP contribution in [0.5, 0.6) is 0 Å². The van der Waals surface area contributed by atoms with E-state index >= 15 is 0 Å². The number of nitrogens with two attached hydrogens (primary N) is 1. The molecule has 4 heteroatoms. The highest BCUT2D eigenvalue weighted by Crippen LogP contribution is 2.36. The summed E-state index contributed by atoms with van der Waals surface area (Å²) in [5.41, 5.74) is 8.04. The topological polar surface area (TPSA) is 42.1 Å². The molecule has 2 rings (SSSR count). The summed E-state index contributed by atoms with van der Waals surface area (Å²) in [6.07, 6.45) is 8.82. The molecule has 0 radical (unpaired) electrons. The Labute approximate surface area is 118 Å². The quantitative estimate of drug-likeness (QED) is 0.918. The maximum atomic E-state index is 6.13. The predicted octanol–water partition coefficient (Wildman–Crippen LogP) is 3.83. The molecule has 1 fully saturated rings. The van der Waals surface area contributed by atoms with Gasteiger partial charge in [0.1, 0.15) is 0 Å². The van der Waals surface area contributed by atoms with Gasteiger partial charge >= 0.3 is 0 Å². The van der Waals surface area contributed by atoms with Crippen molar-refractivity contribution < 1.29 is 0 Å². The normalized spacial score (nSPS) is 16.4. The van der Waals surface area contributed by atoms with Gasteiger partial charge in [-0.15, -0.1) is 0 Å². The van der Waals surface area contributed by atoms with E-state index in [0.29, 0.717) is 12.0 Å². The Bertz CT molecular complexity index is 380. The summed E-state index contributed by atoms with van der Waals surface area (Å²) in [6, 6.07) is 0.633. The van der Waals surface area contributed by atoms with Crippen LogP contribution in [0.15, 0.2) is 16.9 Å². The number of aromatic nitrogens is 1. The number of nitrogen functional groups attached to an aromatic ring is 1. The van der Waals surface area contributed by atoms with Gasteiger partial charge in [0.15, 0.2) is 0 Å². The van der Waals surface area contributed by atoms with Crippen LogP contribution in [-0.4, -0.2) is 17.6 Å². The number of hydrogen-bond acceptors (Lipinski definition) is 3. The highest BCUT2D eigenvalue weighted by Gasteiger charge is 2.26. The zero-order valence-corrected chi connectivity index (χ0v) is 12.8. The molecule has 2 N–H and O–H groups in total. The first-order valence-electron chi connectivity index (χ1n) is 6.75. The molecule has 0 atom stereocenters. The monoisotopic (exact) mass is 311 g/mol. The van der Waals surface area contributed by atoms with Crippen LogP contribution < -0.4 is 10.6 Å². The molecule has 1 heterocycles. The van der Waals surface area contributed by atoms with Gasteiger partial charge in [0, 0.05) is 18.8 Å². The van der Waals surface area contributed by atoms with Gasteiger partial charge in [0.25, 0.3) is 0 Å². The van der Waals surface area contributed by atoms with Crippen molar-refractivity contribution in [3.63, 3.8) is 0 Å². The van der Waals surface area contributed by atoms with Crippen LogP contribution in [0.25, 0.3) is 0 Å². The Morgan fingerprint density at radius 2 is 2.06 bits per heavy atom. The highest BCUT2D eigenvalue weighted by atomic mass is 79.9. The molecule has 0 unspecified atom stereocenters. The highest BCUT2D eigenvalue weighted by molar-refractivity contribution is 9.10. The van der Waals surface area contributed by atoms with E-state index in [1.807, 2.05) is 6.20 Å². The van der Waals surface area contributed by atoms with Crippen LogP contribution in [0.4, 0.5) is 11.4 Å². The second-order valence-corrected chi connectivity index (χ2v) is 6.40. The molecule has 0 saturated heterocycles. The molecule has 3 nitrogen and oxygen atoms in total. The summed E-state index contributed by atoms with van der Waals surface area (Å²) in [6.45, 7) is 5.57. The van der Waals surface area contributed by atoms with Crippen molar-refractivity contribution in [3.8, 4) is 0 Å². The van der Waals surface area contributed by atoms with E-state index in [9.17, 15) is 0 Å². The van der Waals surface area contributed by atoms with E-state index in [2.05, 4.69) is 39.7 Å². The minimum absolute atomic E-state index is 0.630. The molecule has 0 spiro atoms. The SMILES string of the molecule is CC(C)CN(c1c(N)cncc1Br)C1CCCC1. The van der Waals surface area contributed by atoms with Crippen LogP contribution in [0, 0.1) is 5.92 Å². The summed E-state index contributed by atoms with van der Waals surface area (Å²) in [5.74, 6) is 0.630. The van der Waals surface area contributed by atoms with Crippen molar-refractivity contribution >= 4 is 27.3 Å². The molecule has 1 aromatic rings. The summed E-state index contributed by atoms with van der Waals surface area (Å²) in [7, 11) is 0. The second kappa shape index (κ2) is 5.91. The van der Waals surface area contributed by atoms with Crippen molar-refractivity contribution in [3.05, 3.63) is 16.9 Å². The van der Waals surface area contributed by atoms with Crippen molar-refractivity contribution in [1.29, 1.82) is 0 Å². The largest absolute Gasteiger partial charge is 0.396 e. The van der Waals surface area contributed by atoms with E-state index < -0.39 is 0 Å². The smallest absolute Gasteiger partial charge is 0.0778 e. The van der Waals surface area contributed by atoms with Crippen molar-refractivity contribution in [1.82, 2.24) is 4.98 Å². The molecule has 0 aromatic carbocycles. The lowest BCUT2D eigenvalue weighted by Gasteiger charge is -2.34. The van der Waals surface area contributed by atoms with Gasteiger partial charge in [0.05, 0.1) is 22.0 Å². The van der Waals surface area contributed by atoms with Crippen LogP contribution >= 0.6 is 15.9 Å². The van der Waals surface area contributed by atoms with Gasteiger partial charge in [-0.1, -0.05) is 26.7 Å². The standard InChI is InChI=1S/C14H22BrN3/c1-10(2)9-18(11-5-3-4-6-11)14-12(15)7-17-8-13(14)16/h7-8,10-11H,3-6,9,16H2,1-2H3. The first-order valence-corrected chi connectivity index (χ1v) is 7.54. The second-order valence-electron chi connectivity index (χ2n) is 5.54. The Kier molecular flexibility index (Phi) is 4.49. The molecular weight excluding hydrogens is 290 g/mol. The van der Waals surface area contributed by atoms with Gasteiger partial charge < -0.3 is 10.6 Å². The number of hydrogen-bond donors (Lipinski definition) is 1. The molecule has 18 heavy (non-hydrogen) atoms. The molecular formula is C14H22BrN3. The fourth-order valence-corrected chi connectivity index (χ4v) is 3.35. The van der Waals surface area contributed by atoms with Crippen molar-refractivity contribution in [2.45, 2.75) is 45.6 Å². The lowest BCUT2D eigenvalue weighted by molar-refractivity contribution is 0.535. The summed E-state index contributed by atoms with van der Waals surface area (Å²) < 4.78 is 1.01. The van der Waals surface area contributed by atoms with E-state index in [1.54, 1.807) is 6.20 Å². The Balaban J connectivity index is 2.32. The molecule has 0 aliphatic heterocycles. The summed E-state index contributed by atoms with van der Waals surface area (Å²) in [4.78, 5) is 6.62. The first kappa shape index (κ1) is 13.7. The zero-order chi connectivity index (χ0) is 13.1. The third-order valence-electron chi connectivity index (χ3n) is 3.52. The summed E-state index contributed by atoms with van der Waals surface area (Å²) in [5, 5.41) is 0. The van der Waals surface area contributed by atoms with Crippen LogP contribution in [0.3, 0.4) is 0 Å². The number of pyridine rings is 1. The number of halogens is 1. The third-order valence-corrected chi connectivity index (χ3v) is 4.10. The van der Waals surface area contributed by atoms with E-state index in [0.717, 1.165) is 22.4 Å². The fourth-order valence-electron chi connectivity index (χ4n) is 2.78. The Morgan fingerprint density at radius 3 is 2.61 bits per heavy atom. The molecule has 1 aliphatic carbocycles. The lowest BCUT2D eigenvalue weighted by Crippen LogP contribution is -2.37. The third kappa shape index (κ3) is 2.97. The van der Waals surface area contributed by atoms with Gasteiger partial charge in [-0.2, -0.15) is 0 Å². The molecule has 1 aromatic heterocycles. The average Bonchev–Trinajstić information content (AvgIpc) is 2.80. The van der Waals surface area contributed by atoms with E-state index in [-0.39, 0.29) is 0 Å². The van der Waals surface area contributed by atoms with Crippen LogP contribution in [-0.2, 0) is 0 Å². The molecule has 0 amide bonds. The number of anilines is 2. The summed E-state index contributed by atoms with van der Waals surface area (Å²) >= 11 is 3.60. The lowest BCUT2D eigenvalue weighted by atomic mass is 10.1. The van der Waals surface area contributed by atoms with E-state index in [4.69, 9.17) is 5.73 Å². The van der Waals surface area contributed by atoms with Gasteiger partial charge in [-0.25, -0.2) is 0 Å². The van der Waals surface area contributed by atoms with Crippen molar-refractivity contribution in [2.24, 2.45) is 5.92 Å². The van der Waals surface area contributed by atoms with Gasteiger partial charge in [-0.3, -0.25) is 4.98 Å². The zero-order valence-electron chi connectivity index (χ0n) is 11.2. The van der Waals surface area contributed by atoms with Gasteiger partial charge in [0.2, 0.25) is 0 Å². The fraction of sp³-hybridized carbons (Fsp3) is 0.643. The molecule has 1 aliphatic rings. The van der Waals surface area contributed by atoms with Crippen LogP contribution in [0.2, 0.25) is 0 Å².